The van der Waals surface area contributed by atoms with E-state index in [2.05, 4.69) is 5.32 Å². The topological polar surface area (TPSA) is 55.2 Å². The fourth-order valence-corrected chi connectivity index (χ4v) is 1.44. The molecule has 1 aromatic carbocycles. The third-order valence-corrected chi connectivity index (χ3v) is 2.41. The third-order valence-electron chi connectivity index (χ3n) is 2.41. The van der Waals surface area contributed by atoms with Gasteiger partial charge in [0.2, 0.25) is 0 Å². The molecule has 0 saturated carbocycles. The van der Waals surface area contributed by atoms with Crippen LogP contribution in [0.15, 0.2) is 12.1 Å². The predicted octanol–water partition coefficient (Wildman–Crippen LogP) is 3.72. The molecular weight excluding hydrogens is 242 g/mol. The van der Waals surface area contributed by atoms with Gasteiger partial charge in [-0.05, 0) is 11.8 Å². The lowest BCUT2D eigenvalue weighted by Crippen LogP contribution is -2.14. The van der Waals surface area contributed by atoms with E-state index in [1.165, 1.54) is 0 Å². The van der Waals surface area contributed by atoms with Crippen LogP contribution in [-0.2, 0) is 0 Å². The highest BCUT2D eigenvalue weighted by atomic mass is 19.1. The van der Waals surface area contributed by atoms with Crippen molar-refractivity contribution < 1.29 is 13.7 Å². The first-order chi connectivity index (χ1) is 8.20. The third kappa shape index (κ3) is 3.94. The maximum Gasteiger partial charge on any atom is 0.298 e. The number of rotatable bonds is 4. The minimum absolute atomic E-state index is 0.0261. The number of nitro groups is 1. The van der Waals surface area contributed by atoms with Gasteiger partial charge in [-0.15, -0.1) is 0 Å². The van der Waals surface area contributed by atoms with Crippen molar-refractivity contribution in [2.24, 2.45) is 5.41 Å². The van der Waals surface area contributed by atoms with Gasteiger partial charge in [0.1, 0.15) is 11.5 Å². The van der Waals surface area contributed by atoms with Crippen LogP contribution in [0.3, 0.4) is 0 Å². The zero-order valence-electron chi connectivity index (χ0n) is 10.6. The fraction of sp³-hybridized carbons (Fsp3) is 0.500. The smallest absolute Gasteiger partial charge is 0.298 e. The fourth-order valence-electron chi connectivity index (χ4n) is 1.44. The van der Waals surface area contributed by atoms with Crippen LogP contribution in [0.2, 0.25) is 0 Å². The first-order valence-corrected chi connectivity index (χ1v) is 5.58. The number of nitrogens with zero attached hydrogens (tertiary/aromatic N) is 1. The molecule has 0 heterocycles. The Labute approximate surface area is 104 Å². The molecule has 0 bridgehead atoms. The number of hydrogen-bond acceptors (Lipinski definition) is 3. The second-order valence-corrected chi connectivity index (χ2v) is 5.28. The van der Waals surface area contributed by atoms with Crippen LogP contribution in [-0.4, -0.2) is 11.5 Å². The molecule has 1 rings (SSSR count). The van der Waals surface area contributed by atoms with Gasteiger partial charge in [0, 0.05) is 12.6 Å². The van der Waals surface area contributed by atoms with Gasteiger partial charge in [-0.1, -0.05) is 20.8 Å². The van der Waals surface area contributed by atoms with Crippen LogP contribution < -0.4 is 5.32 Å². The van der Waals surface area contributed by atoms with Crippen LogP contribution in [0.1, 0.15) is 27.2 Å². The first kappa shape index (κ1) is 14.3. The van der Waals surface area contributed by atoms with E-state index in [9.17, 15) is 18.9 Å². The molecule has 0 atom stereocenters. The van der Waals surface area contributed by atoms with Crippen molar-refractivity contribution >= 4 is 11.4 Å². The van der Waals surface area contributed by atoms with E-state index in [4.69, 9.17) is 0 Å². The molecule has 100 valence electrons. The summed E-state index contributed by atoms with van der Waals surface area (Å²) in [5.41, 5.74) is -0.815. The molecule has 0 amide bonds. The number of halogens is 2. The molecule has 6 heteroatoms. The van der Waals surface area contributed by atoms with Gasteiger partial charge in [0.25, 0.3) is 5.69 Å². The summed E-state index contributed by atoms with van der Waals surface area (Å²) in [7, 11) is 0. The van der Waals surface area contributed by atoms with E-state index in [0.717, 1.165) is 0 Å². The Morgan fingerprint density at radius 3 is 2.44 bits per heavy atom. The highest BCUT2D eigenvalue weighted by molar-refractivity contribution is 5.62. The summed E-state index contributed by atoms with van der Waals surface area (Å²) in [5, 5.41) is 13.4. The summed E-state index contributed by atoms with van der Waals surface area (Å²) in [4.78, 5) is 9.92. The molecule has 0 aliphatic rings. The molecule has 0 aromatic heterocycles. The van der Waals surface area contributed by atoms with Crippen LogP contribution in [0.25, 0.3) is 0 Å². The summed E-state index contributed by atoms with van der Waals surface area (Å²) < 4.78 is 26.4. The summed E-state index contributed by atoms with van der Waals surface area (Å²) in [6.45, 7) is 6.39. The van der Waals surface area contributed by atoms with Gasteiger partial charge in [0.05, 0.1) is 11.0 Å². The Bertz CT molecular complexity index is 456. The molecule has 1 aromatic rings. The van der Waals surface area contributed by atoms with E-state index in [1.54, 1.807) is 0 Å². The normalized spacial score (nSPS) is 11.4. The Kier molecular flexibility index (Phi) is 4.21. The molecule has 0 aliphatic heterocycles. The number of nitro benzene ring substituents is 1. The largest absolute Gasteiger partial charge is 0.377 e. The molecule has 0 aliphatic carbocycles. The average molecular weight is 258 g/mol. The molecule has 0 fully saturated rings. The molecule has 0 radical (unpaired) electrons. The molecule has 4 nitrogen and oxygen atoms in total. The predicted molar refractivity (Wildman–Crippen MR) is 65.6 cm³/mol. The van der Waals surface area contributed by atoms with E-state index >= 15 is 0 Å². The van der Waals surface area contributed by atoms with Gasteiger partial charge in [-0.3, -0.25) is 10.1 Å². The lowest BCUT2D eigenvalue weighted by Gasteiger charge is -2.18. The molecule has 1 N–H and O–H groups in total. The number of nitrogens with one attached hydrogen (secondary N) is 1. The van der Waals surface area contributed by atoms with Gasteiger partial charge in [0.15, 0.2) is 5.82 Å². The van der Waals surface area contributed by atoms with Crippen molar-refractivity contribution in [3.8, 4) is 0 Å². The molecule has 18 heavy (non-hydrogen) atoms. The van der Waals surface area contributed by atoms with E-state index in [1.807, 2.05) is 20.8 Å². The Balaban J connectivity index is 2.91. The van der Waals surface area contributed by atoms with Crippen molar-refractivity contribution in [2.75, 3.05) is 11.9 Å². The Morgan fingerprint density at radius 2 is 1.94 bits per heavy atom. The van der Waals surface area contributed by atoms with Gasteiger partial charge in [-0.2, -0.15) is 0 Å². The quantitative estimate of drug-likeness (QED) is 0.661. The second-order valence-electron chi connectivity index (χ2n) is 5.28. The van der Waals surface area contributed by atoms with Gasteiger partial charge >= 0.3 is 0 Å². The van der Waals surface area contributed by atoms with Crippen molar-refractivity contribution in [2.45, 2.75) is 27.2 Å². The highest BCUT2D eigenvalue weighted by Gasteiger charge is 2.20. The molecular formula is C12H16F2N2O2. The summed E-state index contributed by atoms with van der Waals surface area (Å²) in [6, 6.07) is 1.34. The van der Waals surface area contributed by atoms with Crippen molar-refractivity contribution in [1.29, 1.82) is 0 Å². The van der Waals surface area contributed by atoms with Crippen LogP contribution in [0.5, 0.6) is 0 Å². The number of hydrogen-bond donors (Lipinski definition) is 1. The number of anilines is 1. The monoisotopic (exact) mass is 258 g/mol. The minimum atomic E-state index is -0.958. The zero-order valence-corrected chi connectivity index (χ0v) is 10.6. The molecule has 0 saturated heterocycles. The summed E-state index contributed by atoms with van der Waals surface area (Å²) in [6.07, 6.45) is 0.709. The number of benzene rings is 1. The van der Waals surface area contributed by atoms with Crippen LogP contribution in [0.4, 0.5) is 20.2 Å². The zero-order chi connectivity index (χ0) is 13.9. The van der Waals surface area contributed by atoms with Crippen LogP contribution in [0, 0.1) is 27.2 Å². The van der Waals surface area contributed by atoms with Crippen molar-refractivity contribution in [3.05, 3.63) is 33.9 Å². The summed E-state index contributed by atoms with van der Waals surface area (Å²) >= 11 is 0. The van der Waals surface area contributed by atoms with Crippen molar-refractivity contribution in [1.82, 2.24) is 0 Å². The van der Waals surface area contributed by atoms with Crippen LogP contribution >= 0.6 is 0 Å². The SMILES string of the molecule is CC(C)(C)CCNc1c(F)cc(F)cc1[N+](=O)[O-]. The standard InChI is InChI=1S/C12H16F2N2O2/c1-12(2,3)4-5-15-11-9(14)6-8(13)7-10(11)16(17)18/h6-7,15H,4-5H2,1-3H3. The molecule has 0 unspecified atom stereocenters. The van der Waals surface area contributed by atoms with E-state index in [0.29, 0.717) is 25.1 Å². The highest BCUT2D eigenvalue weighted by Crippen LogP contribution is 2.29. The Hall–Kier alpha value is -1.72. The lowest BCUT2D eigenvalue weighted by molar-refractivity contribution is -0.384. The maximum absolute atomic E-state index is 13.5. The second kappa shape index (κ2) is 5.29. The van der Waals surface area contributed by atoms with Gasteiger partial charge in [-0.25, -0.2) is 8.78 Å². The average Bonchev–Trinajstić information content (AvgIpc) is 2.18. The van der Waals surface area contributed by atoms with E-state index in [-0.39, 0.29) is 11.1 Å². The first-order valence-electron chi connectivity index (χ1n) is 5.58. The maximum atomic E-state index is 13.5. The summed E-state index contributed by atoms with van der Waals surface area (Å²) in [5.74, 6) is -1.91. The lowest BCUT2D eigenvalue weighted by atomic mass is 9.92. The van der Waals surface area contributed by atoms with Gasteiger partial charge < -0.3 is 5.32 Å². The minimum Gasteiger partial charge on any atom is -0.377 e. The van der Waals surface area contributed by atoms with E-state index < -0.39 is 22.2 Å². The van der Waals surface area contributed by atoms with Crippen molar-refractivity contribution in [3.63, 3.8) is 0 Å². The molecule has 0 spiro atoms. The Morgan fingerprint density at radius 1 is 1.33 bits per heavy atom.